The van der Waals surface area contributed by atoms with Crippen molar-refractivity contribution in [2.75, 3.05) is 5.32 Å². The summed E-state index contributed by atoms with van der Waals surface area (Å²) in [6.45, 7) is 3.83. The Balaban J connectivity index is 1.53. The molecule has 4 rings (SSSR count). The quantitative estimate of drug-likeness (QED) is 0.462. The zero-order chi connectivity index (χ0) is 21.1. The molecule has 1 aromatic heterocycles. The first-order valence-electron chi connectivity index (χ1n) is 9.65. The molecule has 2 amide bonds. The number of aromatic nitrogens is 1. The van der Waals surface area contributed by atoms with Crippen LogP contribution in [0.2, 0.25) is 0 Å². The van der Waals surface area contributed by atoms with Crippen molar-refractivity contribution in [2.24, 2.45) is 0 Å². The summed E-state index contributed by atoms with van der Waals surface area (Å²) in [6, 6.07) is 22.6. The standard InChI is InChI=1S/C24H21N3O2S/c1-15-12-13-18(23(28)25-16(2)17-8-4-3-5-9-17)14-20(15)26-24(29)22-19-10-6-7-11-21(19)30-27-22/h3-14,16H,1-2H3,(H,25,28)(H,26,29). The number of anilines is 1. The number of amides is 2. The van der Waals surface area contributed by atoms with Crippen molar-refractivity contribution in [3.8, 4) is 0 Å². The van der Waals surface area contributed by atoms with Gasteiger partial charge < -0.3 is 10.6 Å². The topological polar surface area (TPSA) is 71.1 Å². The summed E-state index contributed by atoms with van der Waals surface area (Å²) in [5, 5.41) is 6.73. The summed E-state index contributed by atoms with van der Waals surface area (Å²) >= 11 is 1.29. The lowest BCUT2D eigenvalue weighted by Gasteiger charge is -2.15. The first kappa shape index (κ1) is 19.8. The third-order valence-corrected chi connectivity index (χ3v) is 5.81. The van der Waals surface area contributed by atoms with Crippen LogP contribution in [0.25, 0.3) is 10.1 Å². The number of rotatable bonds is 5. The third-order valence-electron chi connectivity index (χ3n) is 4.99. The predicted molar refractivity (Wildman–Crippen MR) is 121 cm³/mol. The van der Waals surface area contributed by atoms with E-state index in [1.807, 2.05) is 74.5 Å². The number of hydrogen-bond acceptors (Lipinski definition) is 4. The number of aryl methyl sites for hydroxylation is 1. The molecular formula is C24H21N3O2S. The minimum atomic E-state index is -0.286. The number of hydrogen-bond donors (Lipinski definition) is 2. The third kappa shape index (κ3) is 4.09. The molecule has 0 saturated carbocycles. The van der Waals surface area contributed by atoms with E-state index in [4.69, 9.17) is 0 Å². The zero-order valence-corrected chi connectivity index (χ0v) is 17.5. The molecule has 0 radical (unpaired) electrons. The molecule has 0 bridgehead atoms. The summed E-state index contributed by atoms with van der Waals surface area (Å²) in [4.78, 5) is 25.6. The first-order chi connectivity index (χ1) is 14.5. The fourth-order valence-electron chi connectivity index (χ4n) is 3.23. The molecule has 6 heteroatoms. The molecule has 1 unspecified atom stereocenters. The van der Waals surface area contributed by atoms with Crippen LogP contribution in [0.5, 0.6) is 0 Å². The Hall–Kier alpha value is -3.51. The van der Waals surface area contributed by atoms with E-state index in [2.05, 4.69) is 15.0 Å². The fourth-order valence-corrected chi connectivity index (χ4v) is 4.01. The molecule has 3 aromatic carbocycles. The fraction of sp³-hybridized carbons (Fsp3) is 0.125. The van der Waals surface area contributed by atoms with Crippen molar-refractivity contribution < 1.29 is 9.59 Å². The number of carbonyl (C=O) groups is 2. The molecule has 1 heterocycles. The highest BCUT2D eigenvalue weighted by Gasteiger charge is 2.17. The van der Waals surface area contributed by atoms with Gasteiger partial charge in [0.2, 0.25) is 0 Å². The van der Waals surface area contributed by atoms with E-state index in [9.17, 15) is 9.59 Å². The smallest absolute Gasteiger partial charge is 0.276 e. The molecule has 4 aromatic rings. The summed E-state index contributed by atoms with van der Waals surface area (Å²) in [7, 11) is 0. The van der Waals surface area contributed by atoms with Crippen molar-refractivity contribution in [1.29, 1.82) is 0 Å². The van der Waals surface area contributed by atoms with Gasteiger partial charge in [-0.05, 0) is 54.7 Å². The molecule has 30 heavy (non-hydrogen) atoms. The van der Waals surface area contributed by atoms with Gasteiger partial charge in [0.15, 0.2) is 0 Å². The minimum Gasteiger partial charge on any atom is -0.346 e. The SMILES string of the molecule is Cc1ccc(C(=O)NC(C)c2ccccc2)cc1NC(=O)c1nsc2ccccc12. The Bertz CT molecular complexity index is 1220. The van der Waals surface area contributed by atoms with E-state index >= 15 is 0 Å². The van der Waals surface area contributed by atoms with E-state index < -0.39 is 0 Å². The van der Waals surface area contributed by atoms with Crippen molar-refractivity contribution in [3.05, 3.63) is 95.2 Å². The van der Waals surface area contributed by atoms with Crippen molar-refractivity contribution in [3.63, 3.8) is 0 Å². The second kappa shape index (κ2) is 8.47. The van der Waals surface area contributed by atoms with Gasteiger partial charge in [0.1, 0.15) is 5.69 Å². The number of carbonyl (C=O) groups excluding carboxylic acids is 2. The number of benzene rings is 3. The number of nitrogens with one attached hydrogen (secondary N) is 2. The van der Waals surface area contributed by atoms with Gasteiger partial charge in [-0.3, -0.25) is 9.59 Å². The molecule has 0 spiro atoms. The average Bonchev–Trinajstić information content (AvgIpc) is 3.20. The maximum absolute atomic E-state index is 12.8. The predicted octanol–water partition coefficient (Wildman–Crippen LogP) is 5.35. The average molecular weight is 416 g/mol. The van der Waals surface area contributed by atoms with E-state index in [0.29, 0.717) is 16.9 Å². The van der Waals surface area contributed by atoms with Gasteiger partial charge in [0.05, 0.1) is 10.7 Å². The second-order valence-electron chi connectivity index (χ2n) is 7.12. The normalized spacial score (nSPS) is 11.8. The maximum Gasteiger partial charge on any atom is 0.276 e. The van der Waals surface area contributed by atoms with Crippen LogP contribution < -0.4 is 10.6 Å². The van der Waals surface area contributed by atoms with Crippen LogP contribution in [-0.4, -0.2) is 16.2 Å². The van der Waals surface area contributed by atoms with E-state index in [1.54, 1.807) is 12.1 Å². The molecular weight excluding hydrogens is 394 g/mol. The molecule has 1 atom stereocenters. The minimum absolute atomic E-state index is 0.126. The molecule has 5 nitrogen and oxygen atoms in total. The van der Waals surface area contributed by atoms with Crippen LogP contribution in [0.1, 0.15) is 44.9 Å². The molecule has 0 aliphatic heterocycles. The van der Waals surface area contributed by atoms with Crippen LogP contribution in [-0.2, 0) is 0 Å². The summed E-state index contributed by atoms with van der Waals surface area (Å²) in [5.41, 5.74) is 3.37. The lowest BCUT2D eigenvalue weighted by molar-refractivity contribution is 0.0938. The monoisotopic (exact) mass is 415 g/mol. The molecule has 0 aliphatic carbocycles. The van der Waals surface area contributed by atoms with E-state index in [0.717, 1.165) is 21.2 Å². The Kier molecular flexibility index (Phi) is 5.59. The van der Waals surface area contributed by atoms with Crippen molar-refractivity contribution in [1.82, 2.24) is 9.69 Å². The highest BCUT2D eigenvalue weighted by atomic mass is 32.1. The summed E-state index contributed by atoms with van der Waals surface area (Å²) < 4.78 is 5.26. The summed E-state index contributed by atoms with van der Waals surface area (Å²) in [6.07, 6.45) is 0. The highest BCUT2D eigenvalue weighted by molar-refractivity contribution is 7.13. The highest BCUT2D eigenvalue weighted by Crippen LogP contribution is 2.24. The lowest BCUT2D eigenvalue weighted by atomic mass is 10.1. The Labute approximate surface area is 178 Å². The van der Waals surface area contributed by atoms with Crippen molar-refractivity contribution in [2.45, 2.75) is 19.9 Å². The summed E-state index contributed by atoms with van der Waals surface area (Å²) in [5.74, 6) is -0.480. The van der Waals surface area contributed by atoms with E-state index in [1.165, 1.54) is 11.5 Å². The molecule has 0 saturated heterocycles. The first-order valence-corrected chi connectivity index (χ1v) is 10.4. The Morgan fingerprint density at radius 3 is 2.47 bits per heavy atom. The Morgan fingerprint density at radius 2 is 1.67 bits per heavy atom. The van der Waals surface area contributed by atoms with Crippen LogP contribution in [0.4, 0.5) is 5.69 Å². The largest absolute Gasteiger partial charge is 0.346 e. The molecule has 0 aliphatic rings. The molecule has 2 N–H and O–H groups in total. The maximum atomic E-state index is 12.8. The van der Waals surface area contributed by atoms with Gasteiger partial charge in [0, 0.05) is 16.6 Å². The van der Waals surface area contributed by atoms with Gasteiger partial charge in [-0.2, -0.15) is 4.37 Å². The van der Waals surface area contributed by atoms with Gasteiger partial charge >= 0.3 is 0 Å². The number of nitrogens with zero attached hydrogens (tertiary/aromatic N) is 1. The second-order valence-corrected chi connectivity index (χ2v) is 7.92. The van der Waals surface area contributed by atoms with Gasteiger partial charge in [-0.1, -0.05) is 54.6 Å². The molecule has 0 fully saturated rings. The van der Waals surface area contributed by atoms with Gasteiger partial charge in [-0.15, -0.1) is 0 Å². The molecule has 150 valence electrons. The van der Waals surface area contributed by atoms with Gasteiger partial charge in [-0.25, -0.2) is 0 Å². The lowest BCUT2D eigenvalue weighted by Crippen LogP contribution is -2.26. The van der Waals surface area contributed by atoms with E-state index in [-0.39, 0.29) is 17.9 Å². The van der Waals surface area contributed by atoms with Crippen molar-refractivity contribution >= 4 is 39.1 Å². The van der Waals surface area contributed by atoms with Crippen LogP contribution in [0, 0.1) is 6.92 Å². The zero-order valence-electron chi connectivity index (χ0n) is 16.7. The van der Waals surface area contributed by atoms with Crippen LogP contribution in [0.15, 0.2) is 72.8 Å². The van der Waals surface area contributed by atoms with Crippen LogP contribution >= 0.6 is 11.5 Å². The van der Waals surface area contributed by atoms with Gasteiger partial charge in [0.25, 0.3) is 11.8 Å². The Morgan fingerprint density at radius 1 is 0.933 bits per heavy atom. The van der Waals surface area contributed by atoms with Crippen LogP contribution in [0.3, 0.4) is 0 Å². The number of fused-ring (bicyclic) bond motifs is 1.